The zero-order valence-electron chi connectivity index (χ0n) is 67.1. The third-order valence-corrected chi connectivity index (χ3v) is 23.9. The Labute approximate surface area is 725 Å². The second-order valence-electron chi connectivity index (χ2n) is 31.7. The van der Waals surface area contributed by atoms with Crippen molar-refractivity contribution in [2.24, 2.45) is 17.4 Å². The van der Waals surface area contributed by atoms with Crippen LogP contribution in [0.5, 0.6) is 46.0 Å². The van der Waals surface area contributed by atoms with Gasteiger partial charge < -0.3 is 153 Å². The van der Waals surface area contributed by atoms with Crippen LogP contribution in [0.4, 0.5) is 4.39 Å². The zero-order valence-corrected chi connectivity index (χ0v) is 69.4. The number of aliphatic hydroxyl groups excluding tert-OH is 8. The second kappa shape index (κ2) is 38.3. The molecular formula is C83H93Cl2FN10O28S. The minimum absolute atomic E-state index is 0.133. The number of phenolic OH excluding ortho intramolecular Hbond substituents is 3. The van der Waals surface area contributed by atoms with E-state index < -0.39 is 290 Å². The van der Waals surface area contributed by atoms with Crippen LogP contribution in [0.15, 0.2) is 115 Å². The van der Waals surface area contributed by atoms with E-state index in [9.17, 15) is 80.1 Å². The molecule has 3 fully saturated rings. The molecule has 0 aliphatic carbocycles. The molecule has 0 spiro atoms. The number of hydrogen-bond acceptors (Lipinski definition) is 31. The molecule has 11 bridgehead atoms. The number of phenols is 3. The summed E-state index contributed by atoms with van der Waals surface area (Å²) >= 11 is 15.9. The largest absolute Gasteiger partial charge is 0.508 e. The Hall–Kier alpha value is -10.6. The number of aromatic hydroxyl groups is 3. The maximum atomic E-state index is 16.4. The maximum Gasteiger partial charge on any atom is 0.330 e. The van der Waals surface area contributed by atoms with Crippen molar-refractivity contribution in [3.63, 3.8) is 0 Å². The van der Waals surface area contributed by atoms with E-state index in [0.29, 0.717) is 0 Å². The number of aliphatic carboxylic acids is 1. The average Bonchev–Trinajstić information content (AvgIpc) is 1.12. The Bertz CT molecular complexity index is 5230. The van der Waals surface area contributed by atoms with Crippen molar-refractivity contribution < 1.29 is 142 Å². The van der Waals surface area contributed by atoms with Gasteiger partial charge in [0, 0.05) is 57.6 Å². The quantitative estimate of drug-likeness (QED) is 0.0515. The Kier molecular flexibility index (Phi) is 28.3. The SMILES string of the molecule is CN[C@H](CC(C)C)C(=O)NC1C(=O)N[C@H](CC(N)=O)C(=O)N[C@H]2C(=O)N[C@@H]3C(=O)N[C@H](C(=O)N[C@H](C(=O)O)c4cc(O)cc(O)c4-c4cc3ccc4O)[C@H](OC3C[C@](C)(N)[C@@H](O)[C@H](C)O3)c3ccc(c(Cl)c3)Oc3cc2cc(c3O[C@@H]2O[C@H](CO)[C@@H](O[C@@H]3O[C@H](CNCc4ccc(-c5ccc(F)cc5)s4)[C@H](O)[C@H](O)[C@H]3O)[C@H](O)[C@H]2O)Oc2ccc(cc2Cl)[C@H]1O. The summed E-state index contributed by atoms with van der Waals surface area (Å²) in [4.78, 5) is 122. The summed E-state index contributed by atoms with van der Waals surface area (Å²) in [5.41, 5.74) is 8.71. The van der Waals surface area contributed by atoms with Gasteiger partial charge in [-0.05, 0) is 140 Å². The van der Waals surface area contributed by atoms with Crippen molar-refractivity contribution in [2.75, 3.05) is 20.2 Å². The molecule has 3 saturated heterocycles. The number of nitrogens with two attached hydrogens (primary N) is 2. The highest BCUT2D eigenvalue weighted by atomic mass is 35.5. The number of benzene rings is 6. The van der Waals surface area contributed by atoms with Gasteiger partial charge in [0.1, 0.15) is 126 Å². The number of carboxylic acid groups (broad SMARTS) is 1. The molecule has 7 aromatic rings. The third-order valence-electron chi connectivity index (χ3n) is 22.1. The van der Waals surface area contributed by atoms with Gasteiger partial charge in [-0.1, -0.05) is 67.4 Å². The fraction of sp³-hybridized carbons (Fsp3) is 0.422. The van der Waals surface area contributed by atoms with Gasteiger partial charge in [0.05, 0.1) is 41.3 Å². The molecule has 42 heteroatoms. The number of aliphatic hydroxyl groups is 8. The Morgan fingerprint density at radius 3 is 1.94 bits per heavy atom. The number of halogens is 3. The molecule has 8 aliphatic rings. The molecule has 1 aromatic heterocycles. The van der Waals surface area contributed by atoms with Crippen LogP contribution in [0.1, 0.15) is 110 Å². The lowest BCUT2D eigenvalue weighted by Crippen LogP contribution is -2.65. The smallest absolute Gasteiger partial charge is 0.330 e. The first-order valence-electron chi connectivity index (χ1n) is 39.5. The lowest BCUT2D eigenvalue weighted by atomic mass is 9.86. The van der Waals surface area contributed by atoms with Crippen LogP contribution < -0.4 is 68.2 Å². The Morgan fingerprint density at radius 1 is 0.672 bits per heavy atom. The number of amides is 7. The second-order valence-corrected chi connectivity index (χ2v) is 33.7. The molecule has 8 aliphatic heterocycles. The van der Waals surface area contributed by atoms with Gasteiger partial charge in [-0.3, -0.25) is 33.6 Å². The van der Waals surface area contributed by atoms with E-state index in [0.717, 1.165) is 82.0 Å². The Morgan fingerprint density at radius 2 is 1.30 bits per heavy atom. The Balaban J connectivity index is 0.967. The van der Waals surface area contributed by atoms with Gasteiger partial charge in [-0.15, -0.1) is 11.3 Å². The van der Waals surface area contributed by atoms with Crippen LogP contribution in [0.2, 0.25) is 10.0 Å². The molecule has 2 unspecified atom stereocenters. The topological polar surface area (TPSA) is 601 Å². The lowest BCUT2D eigenvalue weighted by Gasteiger charge is -2.46. The number of likely N-dealkylation sites (N-methyl/N-ethyl adjacent to an activating group) is 1. The highest BCUT2D eigenvalue weighted by Gasteiger charge is 2.53. The van der Waals surface area contributed by atoms with Gasteiger partial charge in [0.2, 0.25) is 53.4 Å². The maximum absolute atomic E-state index is 16.4. The molecule has 38 nitrogen and oxygen atoms in total. The third kappa shape index (κ3) is 20.2. The van der Waals surface area contributed by atoms with E-state index in [-0.39, 0.29) is 43.0 Å². The predicted octanol–water partition coefficient (Wildman–Crippen LogP) is 1.60. The molecule has 7 amide bonds. The van der Waals surface area contributed by atoms with Gasteiger partial charge >= 0.3 is 5.97 Å². The number of carbonyl (C=O) groups excluding carboxylic acids is 7. The number of thiophene rings is 1. The summed E-state index contributed by atoms with van der Waals surface area (Å²) in [6.07, 6.45) is -29.3. The van der Waals surface area contributed by atoms with Crippen LogP contribution in [0.25, 0.3) is 21.6 Å². The molecule has 15 rings (SSSR count). The number of carbonyl (C=O) groups is 8. The molecule has 0 saturated carbocycles. The lowest BCUT2D eigenvalue weighted by molar-refractivity contribution is -0.350. The number of carboxylic acids is 1. The summed E-state index contributed by atoms with van der Waals surface area (Å²) in [7, 11) is 1.46. The average molecular weight is 1800 g/mol. The molecular weight excluding hydrogens is 1710 g/mol. The number of rotatable bonds is 20. The fourth-order valence-corrected chi connectivity index (χ4v) is 17.0. The highest BCUT2D eigenvalue weighted by molar-refractivity contribution is 7.15. The number of hydrogen-bond donors (Lipinski definition) is 22. The van der Waals surface area contributed by atoms with Crippen molar-refractivity contribution in [3.05, 3.63) is 164 Å². The van der Waals surface area contributed by atoms with Crippen LogP contribution >= 0.6 is 34.5 Å². The monoisotopic (exact) mass is 1800 g/mol. The van der Waals surface area contributed by atoms with Crippen LogP contribution in [-0.2, 0) is 68.6 Å². The van der Waals surface area contributed by atoms with Gasteiger partial charge in [0.25, 0.3) is 0 Å². The molecule has 23 atom stereocenters. The first-order chi connectivity index (χ1) is 59.3. The van der Waals surface area contributed by atoms with Crippen molar-refractivity contribution in [1.82, 2.24) is 42.5 Å². The highest BCUT2D eigenvalue weighted by Crippen LogP contribution is 2.51. The summed E-state index contributed by atoms with van der Waals surface area (Å²) in [6, 6.07) is 8.41. The zero-order chi connectivity index (χ0) is 90.2. The van der Waals surface area contributed by atoms with E-state index in [4.69, 9.17) is 72.6 Å². The van der Waals surface area contributed by atoms with E-state index in [2.05, 4.69) is 42.5 Å². The minimum atomic E-state index is -2.43. The number of fused-ring (bicyclic) bond motifs is 15. The predicted molar refractivity (Wildman–Crippen MR) is 436 cm³/mol. The summed E-state index contributed by atoms with van der Waals surface area (Å²) < 4.78 is 64.9. The molecule has 24 N–H and O–H groups in total. The summed E-state index contributed by atoms with van der Waals surface area (Å²) in [5, 5.41) is 159. The molecule has 6 aromatic carbocycles. The molecule has 125 heavy (non-hydrogen) atoms. The van der Waals surface area contributed by atoms with Gasteiger partial charge in [-0.2, -0.15) is 0 Å². The van der Waals surface area contributed by atoms with Crippen molar-refractivity contribution in [1.29, 1.82) is 0 Å². The van der Waals surface area contributed by atoms with Crippen LogP contribution in [0.3, 0.4) is 0 Å². The van der Waals surface area contributed by atoms with Crippen molar-refractivity contribution >= 4 is 81.9 Å². The molecule has 670 valence electrons. The van der Waals surface area contributed by atoms with E-state index >= 15 is 24.0 Å². The van der Waals surface area contributed by atoms with Gasteiger partial charge in [0.15, 0.2) is 30.1 Å². The minimum Gasteiger partial charge on any atom is -0.508 e. The van der Waals surface area contributed by atoms with E-state index in [1.165, 1.54) is 56.5 Å². The number of nitrogens with one attached hydrogen (secondary N) is 8. The first kappa shape index (κ1) is 92.1. The van der Waals surface area contributed by atoms with Crippen molar-refractivity contribution in [2.45, 2.75) is 193 Å². The first-order valence-corrected chi connectivity index (χ1v) is 41.0. The van der Waals surface area contributed by atoms with Crippen molar-refractivity contribution in [3.8, 4) is 67.6 Å². The normalized spacial score (nSPS) is 29.8. The number of ether oxygens (including phenoxy) is 8. The summed E-state index contributed by atoms with van der Waals surface area (Å²) in [5.74, 6) is -17.2. The van der Waals surface area contributed by atoms with Crippen LogP contribution in [0, 0.1) is 11.7 Å². The molecule has 0 radical (unpaired) electrons. The number of primary amides is 1. The van der Waals surface area contributed by atoms with E-state index in [1.807, 2.05) is 12.1 Å². The summed E-state index contributed by atoms with van der Waals surface area (Å²) in [6.45, 7) is 5.39. The van der Waals surface area contributed by atoms with Crippen LogP contribution in [-0.4, -0.2) is 238 Å². The molecule has 9 heterocycles. The van der Waals surface area contributed by atoms with E-state index in [1.54, 1.807) is 26.0 Å². The van der Waals surface area contributed by atoms with Gasteiger partial charge in [-0.25, -0.2) is 9.18 Å². The fourth-order valence-electron chi connectivity index (χ4n) is 15.6. The standard InChI is InChI=1S/C83H93Cl2FN10O28S/c1-31(2)18-45(89-5)74(109)95-62-64(102)35-9-15-49(43(84)20-35)118-51-22-37-23-52(71(51)123-82-69(107)67(105)72(54(30-97)121-82)124-81-68(106)66(104)65(103)53(120-81)29-90-28-40-13-17-55(125-40)33-6-11-38(86)12-7-33)119-50-16-10-36(21-44(50)85)70(122-57-27-83(4,88)73(108)32(3)117-57)63-79(114)94-61(80(115)116)42-24-39(98)25-48(100)58(42)41-19-34(8-14-47(41)99)59(76(111)96-63)93-77(112)60(37)92-75(110)46(26-56(87)101)91-78(62)113/h6-17,19-25,31-32,45-46,53-54,57,59-70,72-73,81-82,89-90,97-100,102-108H,18,26-30,88H2,1-5H3,(H2,87,101)(H,91,113)(H,92,110)(H,93,112)(H,94,114)(H,95,109)(H,96,111)(H,115,116)/t32-,45+,46+,53+,54+,57?,59-,60+,61-,62?,63-,64+,65-,66-,67+,68+,69+,70+,72+,73-,81-,82-,83-/m0/s1.